The molecule has 0 amide bonds. The van der Waals surface area contributed by atoms with Crippen LogP contribution in [0.2, 0.25) is 0 Å². The summed E-state index contributed by atoms with van der Waals surface area (Å²) in [5.41, 5.74) is 9.15. The summed E-state index contributed by atoms with van der Waals surface area (Å²) in [6, 6.07) is 8.38. The van der Waals surface area contributed by atoms with Gasteiger partial charge in [-0.2, -0.15) is 0 Å². The van der Waals surface area contributed by atoms with E-state index in [0.717, 1.165) is 11.9 Å². The predicted molar refractivity (Wildman–Crippen MR) is 59.2 cm³/mol. The molecule has 0 aliphatic rings. The van der Waals surface area contributed by atoms with Crippen molar-refractivity contribution in [2.24, 2.45) is 5.73 Å². The summed E-state index contributed by atoms with van der Waals surface area (Å²) >= 11 is 0. The number of nitrogens with two attached hydrogens (primary N) is 1. The first-order chi connectivity index (χ1) is 6.81. The van der Waals surface area contributed by atoms with Gasteiger partial charge < -0.3 is 5.73 Å². The van der Waals surface area contributed by atoms with Crippen molar-refractivity contribution in [1.29, 1.82) is 0 Å². The molecule has 0 aliphatic heterocycles. The molecule has 2 heteroatoms. The monoisotopic (exact) mass is 186 g/mol. The number of fused-ring (bicyclic) bond motifs is 1. The second kappa shape index (κ2) is 3.76. The minimum Gasteiger partial charge on any atom is -0.330 e. The molecule has 14 heavy (non-hydrogen) atoms. The van der Waals surface area contributed by atoms with Crippen LogP contribution in [-0.2, 0) is 6.42 Å². The number of hydrogen-bond donors (Lipinski definition) is 1. The lowest BCUT2D eigenvalue weighted by molar-refractivity contribution is 0.970. The minimum atomic E-state index is 0.699. The zero-order valence-electron chi connectivity index (χ0n) is 8.33. The van der Waals surface area contributed by atoms with Crippen molar-refractivity contribution >= 4 is 10.9 Å². The second-order valence-corrected chi connectivity index (χ2v) is 3.52. The van der Waals surface area contributed by atoms with Crippen LogP contribution in [0.15, 0.2) is 30.5 Å². The number of benzene rings is 1. The molecule has 0 aliphatic carbocycles. The van der Waals surface area contributed by atoms with E-state index in [9.17, 15) is 0 Å². The smallest absolute Gasteiger partial charge is 0.0704 e. The lowest BCUT2D eigenvalue weighted by Gasteiger charge is -2.03. The van der Waals surface area contributed by atoms with Crippen LogP contribution in [0, 0.1) is 6.92 Å². The summed E-state index contributed by atoms with van der Waals surface area (Å²) in [4.78, 5) is 4.31. The number of pyridine rings is 1. The maximum atomic E-state index is 5.53. The zero-order valence-corrected chi connectivity index (χ0v) is 8.33. The SMILES string of the molecule is Cc1ccnc2ccc(CCN)cc12. The summed E-state index contributed by atoms with van der Waals surface area (Å²) in [5.74, 6) is 0. The highest BCUT2D eigenvalue weighted by Gasteiger charge is 1.99. The summed E-state index contributed by atoms with van der Waals surface area (Å²) in [7, 11) is 0. The van der Waals surface area contributed by atoms with Gasteiger partial charge in [0, 0.05) is 11.6 Å². The van der Waals surface area contributed by atoms with Crippen molar-refractivity contribution in [2.45, 2.75) is 13.3 Å². The molecule has 2 aromatic rings. The molecule has 0 saturated carbocycles. The first-order valence-corrected chi connectivity index (χ1v) is 4.85. The Morgan fingerprint density at radius 1 is 1.29 bits per heavy atom. The van der Waals surface area contributed by atoms with Crippen LogP contribution in [0.3, 0.4) is 0 Å². The van der Waals surface area contributed by atoms with Crippen LogP contribution in [0.25, 0.3) is 10.9 Å². The molecular weight excluding hydrogens is 172 g/mol. The summed E-state index contributed by atoms with van der Waals surface area (Å²) in [6.07, 6.45) is 2.78. The Bertz CT molecular complexity index is 449. The molecule has 0 atom stereocenters. The fraction of sp³-hybridized carbons (Fsp3) is 0.250. The fourth-order valence-electron chi connectivity index (χ4n) is 1.65. The standard InChI is InChI=1S/C12H14N2/c1-9-5-7-14-12-3-2-10(4-6-13)8-11(9)12/h2-3,5,7-8H,4,6,13H2,1H3. The molecule has 0 saturated heterocycles. The van der Waals surface area contributed by atoms with Crippen LogP contribution < -0.4 is 5.73 Å². The van der Waals surface area contributed by atoms with E-state index < -0.39 is 0 Å². The molecule has 2 nitrogen and oxygen atoms in total. The van der Waals surface area contributed by atoms with E-state index in [1.165, 1.54) is 16.5 Å². The first-order valence-electron chi connectivity index (χ1n) is 4.85. The van der Waals surface area contributed by atoms with Gasteiger partial charge in [-0.3, -0.25) is 4.98 Å². The van der Waals surface area contributed by atoms with Crippen molar-refractivity contribution < 1.29 is 0 Å². The Hall–Kier alpha value is -1.41. The van der Waals surface area contributed by atoms with E-state index in [4.69, 9.17) is 5.73 Å². The van der Waals surface area contributed by atoms with Crippen molar-refractivity contribution in [3.63, 3.8) is 0 Å². The third kappa shape index (κ3) is 1.61. The van der Waals surface area contributed by atoms with Crippen LogP contribution in [0.5, 0.6) is 0 Å². The number of aryl methyl sites for hydroxylation is 1. The predicted octanol–water partition coefficient (Wildman–Crippen LogP) is 2.04. The molecule has 0 unspecified atom stereocenters. The molecule has 0 bridgehead atoms. The van der Waals surface area contributed by atoms with Gasteiger partial charge in [0.1, 0.15) is 0 Å². The molecule has 2 N–H and O–H groups in total. The number of nitrogens with zero attached hydrogens (tertiary/aromatic N) is 1. The lowest BCUT2D eigenvalue weighted by atomic mass is 10.1. The Morgan fingerprint density at radius 3 is 2.93 bits per heavy atom. The molecule has 2 rings (SSSR count). The largest absolute Gasteiger partial charge is 0.330 e. The highest BCUT2D eigenvalue weighted by Crippen LogP contribution is 2.17. The first kappa shape index (κ1) is 9.16. The highest BCUT2D eigenvalue weighted by molar-refractivity contribution is 5.82. The summed E-state index contributed by atoms with van der Waals surface area (Å²) in [6.45, 7) is 2.81. The minimum absolute atomic E-state index is 0.699. The van der Waals surface area contributed by atoms with E-state index in [0.29, 0.717) is 6.54 Å². The molecule has 72 valence electrons. The molecular formula is C12H14N2. The van der Waals surface area contributed by atoms with Crippen molar-refractivity contribution in [3.8, 4) is 0 Å². The maximum Gasteiger partial charge on any atom is 0.0704 e. The Kier molecular flexibility index (Phi) is 2.46. The number of hydrogen-bond acceptors (Lipinski definition) is 2. The third-order valence-corrected chi connectivity index (χ3v) is 2.46. The summed E-state index contributed by atoms with van der Waals surface area (Å²) in [5, 5.41) is 1.23. The average molecular weight is 186 g/mol. The van der Waals surface area contributed by atoms with Gasteiger partial charge in [0.2, 0.25) is 0 Å². The van der Waals surface area contributed by atoms with Gasteiger partial charge >= 0.3 is 0 Å². The van der Waals surface area contributed by atoms with E-state index in [1.54, 1.807) is 0 Å². The van der Waals surface area contributed by atoms with E-state index >= 15 is 0 Å². The van der Waals surface area contributed by atoms with E-state index in [2.05, 4.69) is 30.1 Å². The topological polar surface area (TPSA) is 38.9 Å². The van der Waals surface area contributed by atoms with Gasteiger partial charge in [-0.05, 0) is 49.2 Å². The summed E-state index contributed by atoms with van der Waals surface area (Å²) < 4.78 is 0. The van der Waals surface area contributed by atoms with Crippen LogP contribution in [-0.4, -0.2) is 11.5 Å². The molecule has 0 spiro atoms. The Morgan fingerprint density at radius 2 is 2.14 bits per heavy atom. The van der Waals surface area contributed by atoms with Crippen LogP contribution in [0.1, 0.15) is 11.1 Å². The van der Waals surface area contributed by atoms with Crippen LogP contribution >= 0.6 is 0 Å². The van der Waals surface area contributed by atoms with Gasteiger partial charge in [-0.15, -0.1) is 0 Å². The molecule has 1 aromatic carbocycles. The highest BCUT2D eigenvalue weighted by atomic mass is 14.6. The van der Waals surface area contributed by atoms with Crippen molar-refractivity contribution in [3.05, 3.63) is 41.6 Å². The van der Waals surface area contributed by atoms with Gasteiger partial charge in [0.05, 0.1) is 5.52 Å². The van der Waals surface area contributed by atoms with Crippen molar-refractivity contribution in [2.75, 3.05) is 6.54 Å². The van der Waals surface area contributed by atoms with E-state index in [1.807, 2.05) is 12.3 Å². The van der Waals surface area contributed by atoms with Gasteiger partial charge in [0.25, 0.3) is 0 Å². The molecule has 0 radical (unpaired) electrons. The van der Waals surface area contributed by atoms with Gasteiger partial charge in [0.15, 0.2) is 0 Å². The molecule has 1 heterocycles. The zero-order chi connectivity index (χ0) is 9.97. The Balaban J connectivity index is 2.58. The average Bonchev–Trinajstić information content (AvgIpc) is 2.20. The normalized spacial score (nSPS) is 10.7. The van der Waals surface area contributed by atoms with E-state index in [-0.39, 0.29) is 0 Å². The van der Waals surface area contributed by atoms with Crippen LogP contribution in [0.4, 0.5) is 0 Å². The Labute approximate surface area is 83.8 Å². The second-order valence-electron chi connectivity index (χ2n) is 3.52. The maximum absolute atomic E-state index is 5.53. The number of rotatable bonds is 2. The van der Waals surface area contributed by atoms with Gasteiger partial charge in [-0.25, -0.2) is 0 Å². The molecule has 1 aromatic heterocycles. The van der Waals surface area contributed by atoms with Crippen molar-refractivity contribution in [1.82, 2.24) is 4.98 Å². The number of aromatic nitrogens is 1. The molecule has 0 fully saturated rings. The third-order valence-electron chi connectivity index (χ3n) is 2.46. The quantitative estimate of drug-likeness (QED) is 0.779. The fourth-order valence-corrected chi connectivity index (χ4v) is 1.65. The lowest BCUT2D eigenvalue weighted by Crippen LogP contribution is -2.02. The van der Waals surface area contributed by atoms with Gasteiger partial charge in [-0.1, -0.05) is 6.07 Å².